The molecule has 5 rings (SSSR count). The van der Waals surface area contributed by atoms with Crippen molar-refractivity contribution >= 4 is 11.0 Å². The molecule has 0 radical (unpaired) electrons. The van der Waals surface area contributed by atoms with Gasteiger partial charge >= 0.3 is 0 Å². The summed E-state index contributed by atoms with van der Waals surface area (Å²) in [7, 11) is 2.20. The molecular formula is C25H26N4. The van der Waals surface area contributed by atoms with Crippen molar-refractivity contribution in [3.8, 4) is 22.3 Å². The molecule has 0 atom stereocenters. The molecule has 4 nitrogen and oxygen atoms in total. The number of rotatable bonds is 4. The molecule has 4 aromatic rings. The number of H-pyrrole nitrogens is 1. The first-order valence-electron chi connectivity index (χ1n) is 10.3. The summed E-state index contributed by atoms with van der Waals surface area (Å²) in [6.07, 6.45) is 4.03. The summed E-state index contributed by atoms with van der Waals surface area (Å²) in [6.45, 7) is 5.58. The maximum absolute atomic E-state index is 4.69. The van der Waals surface area contributed by atoms with Crippen molar-refractivity contribution in [2.24, 2.45) is 0 Å². The molecule has 0 unspecified atom stereocenters. The van der Waals surface area contributed by atoms with Gasteiger partial charge in [-0.25, -0.2) is 4.98 Å². The molecule has 2 aromatic heterocycles. The number of nitrogens with zero attached hydrogens (tertiary/aromatic N) is 3. The minimum Gasteiger partial charge on any atom is -0.346 e. The van der Waals surface area contributed by atoms with Crippen molar-refractivity contribution in [1.29, 1.82) is 0 Å². The van der Waals surface area contributed by atoms with Crippen LogP contribution in [0.4, 0.5) is 0 Å². The topological polar surface area (TPSA) is 35.2 Å². The van der Waals surface area contributed by atoms with Crippen LogP contribution in [0.1, 0.15) is 5.56 Å². The zero-order valence-electron chi connectivity index (χ0n) is 16.8. The van der Waals surface area contributed by atoms with Crippen molar-refractivity contribution < 1.29 is 0 Å². The Kier molecular flexibility index (Phi) is 4.88. The molecule has 1 N–H and O–H groups in total. The first-order chi connectivity index (χ1) is 14.3. The minimum atomic E-state index is 0.932. The third-order valence-electron chi connectivity index (χ3n) is 5.88. The molecule has 1 aliphatic heterocycles. The number of fused-ring (bicyclic) bond motifs is 1. The van der Waals surface area contributed by atoms with Crippen LogP contribution in [-0.2, 0) is 6.54 Å². The predicted octanol–water partition coefficient (Wildman–Crippen LogP) is 4.64. The molecule has 0 spiro atoms. The Morgan fingerprint density at radius 1 is 0.862 bits per heavy atom. The summed E-state index contributed by atoms with van der Waals surface area (Å²) < 4.78 is 0. The quantitative estimate of drug-likeness (QED) is 0.558. The molecule has 2 aromatic carbocycles. The van der Waals surface area contributed by atoms with Crippen molar-refractivity contribution in [2.75, 3.05) is 33.2 Å². The van der Waals surface area contributed by atoms with Crippen LogP contribution in [0.5, 0.6) is 0 Å². The van der Waals surface area contributed by atoms with E-state index in [1.165, 1.54) is 22.3 Å². The molecule has 29 heavy (non-hydrogen) atoms. The Labute approximate surface area is 171 Å². The van der Waals surface area contributed by atoms with Crippen molar-refractivity contribution in [3.63, 3.8) is 0 Å². The summed E-state index contributed by atoms with van der Waals surface area (Å²) in [4.78, 5) is 12.9. The number of hydrogen-bond donors (Lipinski definition) is 1. The fourth-order valence-electron chi connectivity index (χ4n) is 4.13. The van der Waals surface area contributed by atoms with E-state index in [-0.39, 0.29) is 0 Å². The van der Waals surface area contributed by atoms with Gasteiger partial charge in [0.1, 0.15) is 5.65 Å². The third kappa shape index (κ3) is 3.82. The first kappa shape index (κ1) is 18.1. The van der Waals surface area contributed by atoms with Crippen LogP contribution in [0.15, 0.2) is 73.1 Å². The van der Waals surface area contributed by atoms with E-state index in [1.807, 2.05) is 12.3 Å². The number of nitrogens with one attached hydrogen (secondary N) is 1. The average Bonchev–Trinajstić information content (AvgIpc) is 3.19. The van der Waals surface area contributed by atoms with E-state index in [9.17, 15) is 0 Å². The monoisotopic (exact) mass is 382 g/mol. The number of piperazine rings is 1. The molecule has 0 bridgehead atoms. The molecule has 1 aliphatic rings. The van der Waals surface area contributed by atoms with Crippen LogP contribution >= 0.6 is 0 Å². The van der Waals surface area contributed by atoms with E-state index in [2.05, 4.69) is 87.6 Å². The summed E-state index contributed by atoms with van der Waals surface area (Å²) in [5.41, 5.74) is 7.09. The van der Waals surface area contributed by atoms with Gasteiger partial charge in [0.2, 0.25) is 0 Å². The Hall–Kier alpha value is -2.95. The Morgan fingerprint density at radius 2 is 1.66 bits per heavy atom. The summed E-state index contributed by atoms with van der Waals surface area (Å²) >= 11 is 0. The molecule has 0 saturated carbocycles. The van der Waals surface area contributed by atoms with Gasteiger partial charge in [0.05, 0.1) is 0 Å². The van der Waals surface area contributed by atoms with Crippen molar-refractivity contribution in [1.82, 2.24) is 19.8 Å². The number of likely N-dealkylation sites (N-methyl/N-ethyl adjacent to an activating group) is 1. The smallest absolute Gasteiger partial charge is 0.137 e. The van der Waals surface area contributed by atoms with Gasteiger partial charge in [-0.15, -0.1) is 0 Å². The van der Waals surface area contributed by atoms with Gasteiger partial charge in [-0.1, -0.05) is 48.5 Å². The average molecular weight is 383 g/mol. The van der Waals surface area contributed by atoms with Gasteiger partial charge in [0.15, 0.2) is 0 Å². The van der Waals surface area contributed by atoms with Gasteiger partial charge in [-0.2, -0.15) is 0 Å². The van der Waals surface area contributed by atoms with Crippen molar-refractivity contribution in [3.05, 3.63) is 78.6 Å². The van der Waals surface area contributed by atoms with Gasteiger partial charge in [0.25, 0.3) is 0 Å². The van der Waals surface area contributed by atoms with Crippen LogP contribution < -0.4 is 0 Å². The maximum Gasteiger partial charge on any atom is 0.137 e. The standard InChI is InChI=1S/C25H26N4/c1-28-10-12-29(13-11-28)18-19-6-5-9-21(14-19)22-15-23-24(17-27-25(23)26-16-22)20-7-3-2-4-8-20/h2-9,14-17H,10-13,18H2,1H3,(H,26,27). The number of benzene rings is 2. The van der Waals surface area contributed by atoms with E-state index in [0.717, 1.165) is 49.3 Å². The molecule has 1 fully saturated rings. The highest BCUT2D eigenvalue weighted by molar-refractivity contribution is 5.95. The van der Waals surface area contributed by atoms with Gasteiger partial charge < -0.3 is 9.88 Å². The zero-order chi connectivity index (χ0) is 19.6. The molecule has 4 heteroatoms. The van der Waals surface area contributed by atoms with Crippen LogP contribution in [0.2, 0.25) is 0 Å². The zero-order valence-corrected chi connectivity index (χ0v) is 16.8. The number of aromatic amines is 1. The first-order valence-corrected chi connectivity index (χ1v) is 10.3. The molecule has 0 amide bonds. The van der Waals surface area contributed by atoms with Crippen LogP contribution in [0.3, 0.4) is 0 Å². The SMILES string of the molecule is CN1CCN(Cc2cccc(-c3cnc4[nH]cc(-c5ccccc5)c4c3)c2)CC1. The van der Waals surface area contributed by atoms with Crippen LogP contribution in [0, 0.1) is 0 Å². The largest absolute Gasteiger partial charge is 0.346 e. The van der Waals surface area contributed by atoms with E-state index in [1.54, 1.807) is 0 Å². The van der Waals surface area contributed by atoms with Gasteiger partial charge in [0, 0.05) is 61.6 Å². The normalized spacial score (nSPS) is 15.8. The van der Waals surface area contributed by atoms with E-state index in [0.29, 0.717) is 0 Å². The lowest BCUT2D eigenvalue weighted by atomic mass is 10.0. The highest BCUT2D eigenvalue weighted by atomic mass is 15.2. The van der Waals surface area contributed by atoms with Crippen molar-refractivity contribution in [2.45, 2.75) is 6.54 Å². The number of aromatic nitrogens is 2. The Morgan fingerprint density at radius 3 is 2.48 bits per heavy atom. The molecular weight excluding hydrogens is 356 g/mol. The fraction of sp³-hybridized carbons (Fsp3) is 0.240. The highest BCUT2D eigenvalue weighted by Crippen LogP contribution is 2.31. The molecule has 1 saturated heterocycles. The second-order valence-electron chi connectivity index (χ2n) is 7.97. The molecule has 3 heterocycles. The summed E-state index contributed by atoms with van der Waals surface area (Å²) in [6, 6.07) is 21.7. The fourth-order valence-corrected chi connectivity index (χ4v) is 4.13. The number of pyridine rings is 1. The summed E-state index contributed by atoms with van der Waals surface area (Å²) in [5, 5.41) is 1.16. The Balaban J connectivity index is 1.45. The maximum atomic E-state index is 4.69. The second-order valence-corrected chi connectivity index (χ2v) is 7.97. The lowest BCUT2D eigenvalue weighted by Crippen LogP contribution is -2.43. The Bertz CT molecular complexity index is 1110. The minimum absolute atomic E-state index is 0.932. The number of hydrogen-bond acceptors (Lipinski definition) is 3. The molecule has 0 aliphatic carbocycles. The molecule has 146 valence electrons. The van der Waals surface area contributed by atoms with Gasteiger partial charge in [-0.3, -0.25) is 4.90 Å². The van der Waals surface area contributed by atoms with Gasteiger partial charge in [-0.05, 0) is 35.9 Å². The van der Waals surface area contributed by atoms with E-state index < -0.39 is 0 Å². The van der Waals surface area contributed by atoms with E-state index in [4.69, 9.17) is 0 Å². The third-order valence-corrected chi connectivity index (χ3v) is 5.88. The summed E-state index contributed by atoms with van der Waals surface area (Å²) in [5.74, 6) is 0. The highest BCUT2D eigenvalue weighted by Gasteiger charge is 2.14. The van der Waals surface area contributed by atoms with E-state index >= 15 is 0 Å². The van der Waals surface area contributed by atoms with Crippen LogP contribution in [-0.4, -0.2) is 53.0 Å². The second kappa shape index (κ2) is 7.82. The lowest BCUT2D eigenvalue weighted by molar-refractivity contribution is 0.148. The lowest BCUT2D eigenvalue weighted by Gasteiger charge is -2.32. The predicted molar refractivity (Wildman–Crippen MR) is 120 cm³/mol. The van der Waals surface area contributed by atoms with Crippen LogP contribution in [0.25, 0.3) is 33.3 Å².